The number of aromatic nitrogens is 1. The molecule has 3 N–H and O–H groups in total. The molecular weight excluding hydrogens is 393 g/mol. The maximum absolute atomic E-state index is 6.52. The number of methoxy groups -OCH3 is 1. The Hall–Kier alpha value is -1.31. The first-order valence-electron chi connectivity index (χ1n) is 8.37. The van der Waals surface area contributed by atoms with Crippen LogP contribution in [0, 0.1) is 0 Å². The highest BCUT2D eigenvalue weighted by Crippen LogP contribution is 2.44. The average Bonchev–Trinajstić information content (AvgIpc) is 3.15. The Morgan fingerprint density at radius 1 is 1.46 bits per heavy atom. The molecule has 0 aromatic carbocycles. The Bertz CT molecular complexity index is 922. The second kappa shape index (κ2) is 7.02. The van der Waals surface area contributed by atoms with E-state index in [2.05, 4.69) is 16.4 Å². The van der Waals surface area contributed by atoms with Crippen LogP contribution in [0.5, 0.6) is 0 Å². The maximum Gasteiger partial charge on any atom is 0.177 e. The minimum absolute atomic E-state index is 0.177. The summed E-state index contributed by atoms with van der Waals surface area (Å²) in [6.45, 7) is 0.674. The molecule has 0 radical (unpaired) electrons. The fraction of sp³-hybridized carbons (Fsp3) is 0.389. The van der Waals surface area contributed by atoms with E-state index >= 15 is 0 Å². The molecule has 4 rings (SSSR count). The topological polar surface area (TPSA) is 73.3 Å². The predicted octanol–water partition coefficient (Wildman–Crippen LogP) is 4.86. The van der Waals surface area contributed by atoms with E-state index in [0.29, 0.717) is 40.0 Å². The smallest absolute Gasteiger partial charge is 0.177 e. The van der Waals surface area contributed by atoms with Crippen molar-refractivity contribution in [2.45, 2.75) is 37.5 Å². The molecule has 3 heterocycles. The molecule has 3 aromatic heterocycles. The molecule has 1 aliphatic rings. The third kappa shape index (κ3) is 3.32. The third-order valence-corrected chi connectivity index (χ3v) is 6.34. The Morgan fingerprint density at radius 3 is 2.92 bits per heavy atom. The average molecular weight is 412 g/mol. The van der Waals surface area contributed by atoms with Crippen LogP contribution in [0.2, 0.25) is 10.2 Å². The first kappa shape index (κ1) is 18.1. The van der Waals surface area contributed by atoms with Gasteiger partial charge in [0, 0.05) is 37.1 Å². The van der Waals surface area contributed by atoms with Gasteiger partial charge in [0.25, 0.3) is 0 Å². The standard InChI is InChI=1S/C18H19Cl2N3O2S/c1-24-18(4-5-18)13(21)8-12-15(20)16-17(25-12)11(7-14(19)23-16)22-9-10-3-2-6-26-10/h2-3,6-7,13H,4-5,8-9,21H2,1H3,(H,22,23)/t13-/m1/s1. The Kier molecular flexibility index (Phi) is 4.88. The lowest BCUT2D eigenvalue weighted by Crippen LogP contribution is -2.39. The minimum atomic E-state index is -0.256. The van der Waals surface area contributed by atoms with Crippen LogP contribution in [0.25, 0.3) is 11.1 Å². The van der Waals surface area contributed by atoms with Gasteiger partial charge in [-0.1, -0.05) is 29.3 Å². The number of rotatable bonds is 7. The number of fused-ring (bicyclic) bond motifs is 1. The lowest BCUT2D eigenvalue weighted by atomic mass is 10.1. The van der Waals surface area contributed by atoms with Gasteiger partial charge in [-0.05, 0) is 24.3 Å². The van der Waals surface area contributed by atoms with Crippen molar-refractivity contribution in [1.29, 1.82) is 0 Å². The van der Waals surface area contributed by atoms with Gasteiger partial charge in [-0.25, -0.2) is 4.98 Å². The van der Waals surface area contributed by atoms with Crippen molar-refractivity contribution in [1.82, 2.24) is 4.98 Å². The molecular formula is C18H19Cl2N3O2S. The molecule has 1 aliphatic carbocycles. The lowest BCUT2D eigenvalue weighted by Gasteiger charge is -2.20. The second-order valence-corrected chi connectivity index (χ2v) is 8.32. The molecule has 3 aromatic rings. The van der Waals surface area contributed by atoms with E-state index in [1.165, 1.54) is 4.88 Å². The summed E-state index contributed by atoms with van der Waals surface area (Å²) in [4.78, 5) is 5.55. The van der Waals surface area contributed by atoms with Crippen molar-refractivity contribution in [2.24, 2.45) is 5.73 Å². The second-order valence-electron chi connectivity index (χ2n) is 6.52. The number of ether oxygens (including phenoxy) is 1. The van der Waals surface area contributed by atoms with Crippen molar-refractivity contribution < 1.29 is 9.15 Å². The highest BCUT2D eigenvalue weighted by Gasteiger charge is 2.48. The highest BCUT2D eigenvalue weighted by atomic mass is 35.5. The number of nitrogens with two attached hydrogens (primary N) is 1. The van der Waals surface area contributed by atoms with Crippen LogP contribution in [0.1, 0.15) is 23.5 Å². The summed E-state index contributed by atoms with van der Waals surface area (Å²) in [7, 11) is 1.70. The molecule has 0 spiro atoms. The number of furan rings is 1. The van der Waals surface area contributed by atoms with E-state index in [-0.39, 0.29) is 11.6 Å². The highest BCUT2D eigenvalue weighted by molar-refractivity contribution is 7.09. The number of nitrogens with zero attached hydrogens (tertiary/aromatic N) is 1. The summed E-state index contributed by atoms with van der Waals surface area (Å²) in [5.41, 5.74) is 7.99. The van der Waals surface area contributed by atoms with Gasteiger partial charge in [-0.2, -0.15) is 0 Å². The predicted molar refractivity (Wildman–Crippen MR) is 106 cm³/mol. The molecule has 138 valence electrons. The van der Waals surface area contributed by atoms with Crippen LogP contribution in [-0.4, -0.2) is 23.7 Å². The Morgan fingerprint density at radius 2 is 2.27 bits per heavy atom. The quantitative estimate of drug-likeness (QED) is 0.543. The first-order valence-corrected chi connectivity index (χ1v) is 10.0. The number of hydrogen-bond acceptors (Lipinski definition) is 6. The third-order valence-electron chi connectivity index (χ3n) is 4.88. The number of pyridine rings is 1. The van der Waals surface area contributed by atoms with Crippen LogP contribution >= 0.6 is 34.5 Å². The van der Waals surface area contributed by atoms with Gasteiger partial charge in [0.2, 0.25) is 0 Å². The number of thiophene rings is 1. The molecule has 26 heavy (non-hydrogen) atoms. The lowest BCUT2D eigenvalue weighted by molar-refractivity contribution is 0.0562. The van der Waals surface area contributed by atoms with Crippen LogP contribution in [0.4, 0.5) is 5.69 Å². The maximum atomic E-state index is 6.52. The Labute approximate surface area is 165 Å². The molecule has 0 unspecified atom stereocenters. The number of anilines is 1. The number of nitrogens with one attached hydrogen (secondary N) is 1. The summed E-state index contributed by atoms with van der Waals surface area (Å²) in [6, 6.07) is 5.66. The van der Waals surface area contributed by atoms with E-state index in [1.54, 1.807) is 24.5 Å². The fourth-order valence-electron chi connectivity index (χ4n) is 3.15. The monoisotopic (exact) mass is 411 g/mol. The molecule has 0 bridgehead atoms. The van der Waals surface area contributed by atoms with E-state index in [0.717, 1.165) is 18.5 Å². The van der Waals surface area contributed by atoms with Crippen LogP contribution < -0.4 is 11.1 Å². The van der Waals surface area contributed by atoms with Crippen LogP contribution in [-0.2, 0) is 17.7 Å². The van der Waals surface area contributed by atoms with E-state index in [4.69, 9.17) is 38.1 Å². The van der Waals surface area contributed by atoms with Crippen molar-refractivity contribution in [3.8, 4) is 0 Å². The van der Waals surface area contributed by atoms with E-state index in [1.807, 2.05) is 11.4 Å². The van der Waals surface area contributed by atoms with Crippen molar-refractivity contribution in [2.75, 3.05) is 12.4 Å². The number of halogens is 2. The molecule has 0 aliphatic heterocycles. The first-order chi connectivity index (χ1) is 12.5. The largest absolute Gasteiger partial charge is 0.455 e. The Balaban J connectivity index is 1.63. The normalized spacial score (nSPS) is 16.8. The number of hydrogen-bond donors (Lipinski definition) is 2. The molecule has 1 saturated carbocycles. The molecule has 1 atom stereocenters. The summed E-state index contributed by atoms with van der Waals surface area (Å²) >= 11 is 14.4. The van der Waals surface area contributed by atoms with Gasteiger partial charge in [0.15, 0.2) is 5.58 Å². The molecule has 1 fully saturated rings. The van der Waals surface area contributed by atoms with Gasteiger partial charge in [-0.15, -0.1) is 11.3 Å². The zero-order chi connectivity index (χ0) is 18.3. The van der Waals surface area contributed by atoms with E-state index in [9.17, 15) is 0 Å². The van der Waals surface area contributed by atoms with Gasteiger partial charge >= 0.3 is 0 Å². The fourth-order valence-corrected chi connectivity index (χ4v) is 4.23. The SMILES string of the molecule is COC1([C@H](N)Cc2oc3c(NCc4cccs4)cc(Cl)nc3c2Cl)CC1. The van der Waals surface area contributed by atoms with Crippen LogP contribution in [0.3, 0.4) is 0 Å². The van der Waals surface area contributed by atoms with Gasteiger partial charge in [-0.3, -0.25) is 0 Å². The van der Waals surface area contributed by atoms with Gasteiger partial charge < -0.3 is 20.2 Å². The molecule has 8 heteroatoms. The summed E-state index contributed by atoms with van der Waals surface area (Å²) in [5, 5.41) is 6.22. The molecule has 0 saturated heterocycles. The zero-order valence-electron chi connectivity index (χ0n) is 14.2. The summed E-state index contributed by atoms with van der Waals surface area (Å²) in [6.07, 6.45) is 2.41. The van der Waals surface area contributed by atoms with Crippen molar-refractivity contribution in [3.63, 3.8) is 0 Å². The zero-order valence-corrected chi connectivity index (χ0v) is 16.5. The summed E-state index contributed by atoms with van der Waals surface area (Å²) in [5.74, 6) is 0.617. The summed E-state index contributed by atoms with van der Waals surface area (Å²) < 4.78 is 11.6. The molecule has 0 amide bonds. The minimum Gasteiger partial charge on any atom is -0.455 e. The van der Waals surface area contributed by atoms with Gasteiger partial charge in [0.05, 0.1) is 11.3 Å². The van der Waals surface area contributed by atoms with Crippen molar-refractivity contribution in [3.05, 3.63) is 44.4 Å². The van der Waals surface area contributed by atoms with E-state index < -0.39 is 0 Å². The molecule has 5 nitrogen and oxygen atoms in total. The van der Waals surface area contributed by atoms with Gasteiger partial charge in [0.1, 0.15) is 21.5 Å². The van der Waals surface area contributed by atoms with Crippen molar-refractivity contribution >= 4 is 51.3 Å². The van der Waals surface area contributed by atoms with Crippen LogP contribution in [0.15, 0.2) is 28.0 Å².